The molecule has 0 unspecified atom stereocenters. The Hall–Kier alpha value is -1.69. The van der Waals surface area contributed by atoms with Crippen LogP contribution in [0.5, 0.6) is 5.75 Å². The predicted octanol–water partition coefficient (Wildman–Crippen LogP) is 2.31. The molecular formula is C11H11BrN2O3. The Morgan fingerprint density at radius 2 is 2.12 bits per heavy atom. The van der Waals surface area contributed by atoms with Gasteiger partial charge in [-0.25, -0.2) is 4.79 Å². The number of nitrogen functional groups attached to an aromatic ring is 1. The number of anilines is 1. The summed E-state index contributed by atoms with van der Waals surface area (Å²) in [5.74, 6) is 0.397. The summed E-state index contributed by atoms with van der Waals surface area (Å²) in [6.07, 6.45) is 0. The van der Waals surface area contributed by atoms with Crippen LogP contribution in [0.1, 0.15) is 10.4 Å². The number of aromatic nitrogens is 1. The molecule has 0 saturated heterocycles. The summed E-state index contributed by atoms with van der Waals surface area (Å²) in [6, 6.07) is 3.58. The Labute approximate surface area is 106 Å². The van der Waals surface area contributed by atoms with E-state index in [-0.39, 0.29) is 5.82 Å². The molecule has 2 rings (SSSR count). The number of benzene rings is 1. The average Bonchev–Trinajstić information content (AvgIpc) is 2.63. The summed E-state index contributed by atoms with van der Waals surface area (Å²) in [5, 5.41) is 0.667. The molecule has 0 radical (unpaired) electrons. The quantitative estimate of drug-likeness (QED) is 0.834. The Balaban J connectivity index is 2.81. The third-order valence-corrected chi connectivity index (χ3v) is 2.93. The molecule has 5 nitrogen and oxygen atoms in total. The molecule has 0 saturated carbocycles. The molecule has 90 valence electrons. The van der Waals surface area contributed by atoms with Crippen molar-refractivity contribution in [3.05, 3.63) is 22.2 Å². The molecule has 6 heteroatoms. The smallest absolute Gasteiger partial charge is 0.342 e. The van der Waals surface area contributed by atoms with Gasteiger partial charge in [0.25, 0.3) is 0 Å². The molecule has 0 amide bonds. The van der Waals surface area contributed by atoms with Crippen LogP contribution in [0.25, 0.3) is 10.9 Å². The van der Waals surface area contributed by atoms with E-state index in [1.165, 1.54) is 7.11 Å². The van der Waals surface area contributed by atoms with Crippen molar-refractivity contribution in [2.75, 3.05) is 20.0 Å². The van der Waals surface area contributed by atoms with Crippen molar-refractivity contribution in [3.8, 4) is 5.75 Å². The highest BCUT2D eigenvalue weighted by molar-refractivity contribution is 9.10. The maximum Gasteiger partial charge on any atom is 0.342 e. The number of hydrogen-bond donors (Lipinski definition) is 2. The summed E-state index contributed by atoms with van der Waals surface area (Å²) in [6.45, 7) is 0. The van der Waals surface area contributed by atoms with Crippen molar-refractivity contribution in [2.24, 2.45) is 0 Å². The Bertz CT molecular complexity index is 592. The van der Waals surface area contributed by atoms with Gasteiger partial charge in [0.15, 0.2) is 0 Å². The number of rotatable bonds is 2. The molecule has 0 bridgehead atoms. The highest BCUT2D eigenvalue weighted by Crippen LogP contribution is 2.34. The van der Waals surface area contributed by atoms with E-state index in [2.05, 4.69) is 20.9 Å². The van der Waals surface area contributed by atoms with Gasteiger partial charge < -0.3 is 20.2 Å². The number of carbonyl (C=O) groups is 1. The molecule has 0 atom stereocenters. The SMILES string of the molecule is COC(=O)c1c(N)[nH]c2c(OC)cc(Br)cc12. The summed E-state index contributed by atoms with van der Waals surface area (Å²) < 4.78 is 10.7. The van der Waals surface area contributed by atoms with Crippen molar-refractivity contribution >= 4 is 38.6 Å². The summed E-state index contributed by atoms with van der Waals surface area (Å²) in [7, 11) is 2.87. The zero-order chi connectivity index (χ0) is 12.6. The van der Waals surface area contributed by atoms with Crippen LogP contribution in [0.3, 0.4) is 0 Å². The summed E-state index contributed by atoms with van der Waals surface area (Å²) >= 11 is 3.35. The highest BCUT2D eigenvalue weighted by Gasteiger charge is 2.20. The Morgan fingerprint density at radius 1 is 1.41 bits per heavy atom. The van der Waals surface area contributed by atoms with Gasteiger partial charge in [0.1, 0.15) is 17.1 Å². The van der Waals surface area contributed by atoms with E-state index in [0.29, 0.717) is 22.2 Å². The number of aromatic amines is 1. The fraction of sp³-hybridized carbons (Fsp3) is 0.182. The van der Waals surface area contributed by atoms with Crippen molar-refractivity contribution in [1.29, 1.82) is 0 Å². The minimum Gasteiger partial charge on any atom is -0.495 e. The first-order chi connectivity index (χ1) is 8.08. The van der Waals surface area contributed by atoms with Crippen molar-refractivity contribution in [2.45, 2.75) is 0 Å². The van der Waals surface area contributed by atoms with Crippen LogP contribution in [0.15, 0.2) is 16.6 Å². The first-order valence-electron chi connectivity index (χ1n) is 4.81. The number of halogens is 1. The van der Waals surface area contributed by atoms with Crippen LogP contribution >= 0.6 is 15.9 Å². The first kappa shape index (κ1) is 11.8. The van der Waals surface area contributed by atoms with E-state index < -0.39 is 5.97 Å². The third-order valence-electron chi connectivity index (χ3n) is 2.47. The monoisotopic (exact) mass is 298 g/mol. The lowest BCUT2D eigenvalue weighted by Gasteiger charge is -2.03. The molecule has 0 aliphatic heterocycles. The van der Waals surface area contributed by atoms with Crippen LogP contribution in [-0.2, 0) is 4.74 Å². The van der Waals surface area contributed by atoms with Crippen molar-refractivity contribution < 1.29 is 14.3 Å². The number of ether oxygens (including phenoxy) is 2. The second-order valence-electron chi connectivity index (χ2n) is 3.44. The zero-order valence-electron chi connectivity index (χ0n) is 9.33. The summed E-state index contributed by atoms with van der Waals surface area (Å²) in [5.41, 5.74) is 6.77. The predicted molar refractivity (Wildman–Crippen MR) is 68.3 cm³/mol. The van der Waals surface area contributed by atoms with E-state index in [0.717, 1.165) is 4.47 Å². The molecule has 0 aliphatic rings. The maximum atomic E-state index is 11.6. The zero-order valence-corrected chi connectivity index (χ0v) is 10.9. The van der Waals surface area contributed by atoms with Crippen molar-refractivity contribution in [3.63, 3.8) is 0 Å². The number of nitrogens with one attached hydrogen (secondary N) is 1. The van der Waals surface area contributed by atoms with Crippen LogP contribution < -0.4 is 10.5 Å². The normalized spacial score (nSPS) is 10.5. The van der Waals surface area contributed by atoms with E-state index in [1.54, 1.807) is 19.2 Å². The van der Waals surface area contributed by atoms with E-state index >= 15 is 0 Å². The third kappa shape index (κ3) is 1.84. The lowest BCUT2D eigenvalue weighted by atomic mass is 10.1. The molecule has 0 fully saturated rings. The number of H-pyrrole nitrogens is 1. The first-order valence-corrected chi connectivity index (χ1v) is 5.60. The van der Waals surface area contributed by atoms with Gasteiger partial charge in [0.05, 0.1) is 19.7 Å². The number of carbonyl (C=O) groups excluding carboxylic acids is 1. The fourth-order valence-electron chi connectivity index (χ4n) is 1.73. The van der Waals surface area contributed by atoms with Gasteiger partial charge >= 0.3 is 5.97 Å². The van der Waals surface area contributed by atoms with Crippen molar-refractivity contribution in [1.82, 2.24) is 4.98 Å². The fourth-order valence-corrected chi connectivity index (χ4v) is 2.17. The van der Waals surface area contributed by atoms with Crippen LogP contribution in [0.4, 0.5) is 5.82 Å². The second kappa shape index (κ2) is 4.29. The average molecular weight is 299 g/mol. The number of nitrogens with two attached hydrogens (primary N) is 1. The molecule has 1 aromatic carbocycles. The molecule has 0 aliphatic carbocycles. The Kier molecular flexibility index (Phi) is 2.97. The lowest BCUT2D eigenvalue weighted by molar-refractivity contribution is 0.0604. The summed E-state index contributed by atoms with van der Waals surface area (Å²) in [4.78, 5) is 14.6. The molecule has 0 spiro atoms. The van der Waals surface area contributed by atoms with E-state index in [1.807, 2.05) is 0 Å². The Morgan fingerprint density at radius 3 is 2.71 bits per heavy atom. The van der Waals surface area contributed by atoms with Gasteiger partial charge in [0.2, 0.25) is 0 Å². The minimum atomic E-state index is -0.478. The van der Waals surface area contributed by atoms with E-state index in [9.17, 15) is 4.79 Å². The standard InChI is InChI=1S/C11H11BrN2O3/c1-16-7-4-5(12)3-6-8(11(15)17-2)10(13)14-9(6)7/h3-4,14H,13H2,1-2H3. The second-order valence-corrected chi connectivity index (χ2v) is 4.35. The molecule has 1 heterocycles. The molecule has 1 aromatic heterocycles. The van der Waals surface area contributed by atoms with E-state index in [4.69, 9.17) is 15.2 Å². The number of esters is 1. The molecule has 3 N–H and O–H groups in total. The largest absolute Gasteiger partial charge is 0.495 e. The van der Waals surface area contributed by atoms with Gasteiger partial charge in [-0.15, -0.1) is 0 Å². The number of methoxy groups -OCH3 is 2. The molecule has 2 aromatic rings. The molecule has 17 heavy (non-hydrogen) atoms. The topological polar surface area (TPSA) is 77.3 Å². The lowest BCUT2D eigenvalue weighted by Crippen LogP contribution is -2.03. The van der Waals surface area contributed by atoms with Crippen LogP contribution in [0, 0.1) is 0 Å². The van der Waals surface area contributed by atoms with Gasteiger partial charge in [-0.05, 0) is 12.1 Å². The molecular weight excluding hydrogens is 288 g/mol. The van der Waals surface area contributed by atoms with Crippen LogP contribution in [-0.4, -0.2) is 25.2 Å². The van der Waals surface area contributed by atoms with Gasteiger partial charge in [-0.2, -0.15) is 0 Å². The maximum absolute atomic E-state index is 11.6. The van der Waals surface area contributed by atoms with Gasteiger partial charge in [0, 0.05) is 9.86 Å². The number of hydrogen-bond acceptors (Lipinski definition) is 4. The van der Waals surface area contributed by atoms with Gasteiger partial charge in [-0.1, -0.05) is 15.9 Å². The highest BCUT2D eigenvalue weighted by atomic mass is 79.9. The van der Waals surface area contributed by atoms with Crippen LogP contribution in [0.2, 0.25) is 0 Å². The van der Waals surface area contributed by atoms with Gasteiger partial charge in [-0.3, -0.25) is 0 Å². The minimum absolute atomic E-state index is 0.267. The number of fused-ring (bicyclic) bond motifs is 1.